The van der Waals surface area contributed by atoms with Crippen LogP contribution < -0.4 is 0 Å². The van der Waals surface area contributed by atoms with E-state index in [-0.39, 0.29) is 6.10 Å². The summed E-state index contributed by atoms with van der Waals surface area (Å²) in [6.07, 6.45) is 5.14. The molecule has 0 aliphatic heterocycles. The van der Waals surface area contributed by atoms with E-state index >= 15 is 0 Å². The summed E-state index contributed by atoms with van der Waals surface area (Å²) < 4.78 is 5.07. The van der Waals surface area contributed by atoms with E-state index in [1.54, 1.807) is 7.11 Å². The maximum Gasteiger partial charge on any atom is 0.0818 e. The summed E-state index contributed by atoms with van der Waals surface area (Å²) in [6.45, 7) is 5.11. The van der Waals surface area contributed by atoms with Gasteiger partial charge in [0.05, 0.1) is 12.7 Å². The minimum atomic E-state index is -0.326. The minimum absolute atomic E-state index is 0.326. The van der Waals surface area contributed by atoms with E-state index in [4.69, 9.17) is 4.74 Å². The summed E-state index contributed by atoms with van der Waals surface area (Å²) in [5.74, 6) is 0.379. The fourth-order valence-corrected chi connectivity index (χ4v) is 2.43. The maximum absolute atomic E-state index is 10.4. The number of hydrogen-bond donors (Lipinski definition) is 1. The number of hydrogen-bond acceptors (Lipinski definition) is 2. The van der Waals surface area contributed by atoms with Crippen LogP contribution in [0.1, 0.15) is 56.8 Å². The summed E-state index contributed by atoms with van der Waals surface area (Å²) in [7, 11) is 1.72. The van der Waals surface area contributed by atoms with Gasteiger partial charge in [-0.25, -0.2) is 0 Å². The number of ether oxygens (including phenoxy) is 1. The van der Waals surface area contributed by atoms with Crippen LogP contribution in [-0.2, 0) is 11.2 Å². The van der Waals surface area contributed by atoms with Crippen molar-refractivity contribution in [2.24, 2.45) is 5.92 Å². The lowest BCUT2D eigenvalue weighted by Crippen LogP contribution is -2.12. The van der Waals surface area contributed by atoms with Gasteiger partial charge < -0.3 is 9.84 Å². The van der Waals surface area contributed by atoms with Gasteiger partial charge in [-0.3, -0.25) is 0 Å². The highest BCUT2D eigenvalue weighted by molar-refractivity contribution is 5.24. The van der Waals surface area contributed by atoms with E-state index in [0.717, 1.165) is 31.4 Å². The van der Waals surface area contributed by atoms with Crippen molar-refractivity contribution in [3.05, 3.63) is 35.4 Å². The van der Waals surface area contributed by atoms with Crippen LogP contribution >= 0.6 is 0 Å². The van der Waals surface area contributed by atoms with Crippen LogP contribution in [0.4, 0.5) is 0 Å². The van der Waals surface area contributed by atoms with E-state index in [9.17, 15) is 5.11 Å². The predicted molar refractivity (Wildman–Crippen MR) is 80.3 cm³/mol. The van der Waals surface area contributed by atoms with Crippen LogP contribution in [0.25, 0.3) is 0 Å². The molecule has 2 nitrogen and oxygen atoms in total. The van der Waals surface area contributed by atoms with Gasteiger partial charge in [-0.2, -0.15) is 0 Å². The second-order valence-corrected chi connectivity index (χ2v) is 5.24. The Balaban J connectivity index is 2.62. The molecule has 0 aromatic heterocycles. The van der Waals surface area contributed by atoms with E-state index in [1.165, 1.54) is 18.4 Å². The molecule has 2 atom stereocenters. The van der Waals surface area contributed by atoms with Crippen molar-refractivity contribution < 1.29 is 9.84 Å². The standard InChI is InChI=1S/C17H28O2/c1-4-6-7-15(5-2)17(18)16-10-8-14(9-11-16)12-13-19-3/h8-11,15,17-18H,4-7,12-13H2,1-3H3. The van der Waals surface area contributed by atoms with Crippen LogP contribution in [0.15, 0.2) is 24.3 Å². The largest absolute Gasteiger partial charge is 0.388 e. The summed E-state index contributed by atoms with van der Waals surface area (Å²) in [4.78, 5) is 0. The molecule has 0 aliphatic rings. The molecule has 0 radical (unpaired) electrons. The molecule has 0 aliphatic carbocycles. The summed E-state index contributed by atoms with van der Waals surface area (Å²) >= 11 is 0. The highest BCUT2D eigenvalue weighted by atomic mass is 16.5. The normalized spacial score (nSPS) is 14.3. The van der Waals surface area contributed by atoms with Crippen LogP contribution in [0, 0.1) is 5.92 Å². The van der Waals surface area contributed by atoms with Crippen molar-refractivity contribution >= 4 is 0 Å². The SMILES string of the molecule is CCCCC(CC)C(O)c1ccc(CCOC)cc1. The monoisotopic (exact) mass is 264 g/mol. The molecular formula is C17H28O2. The van der Waals surface area contributed by atoms with Crippen molar-refractivity contribution in [2.75, 3.05) is 13.7 Å². The third-order valence-electron chi connectivity index (χ3n) is 3.82. The number of unbranched alkanes of at least 4 members (excludes halogenated alkanes) is 1. The van der Waals surface area contributed by atoms with Gasteiger partial charge in [0.15, 0.2) is 0 Å². The van der Waals surface area contributed by atoms with Crippen LogP contribution in [0.3, 0.4) is 0 Å². The highest BCUT2D eigenvalue weighted by Crippen LogP contribution is 2.29. The minimum Gasteiger partial charge on any atom is -0.388 e. The Hall–Kier alpha value is -0.860. The Bertz CT molecular complexity index is 332. The number of rotatable bonds is 9. The Kier molecular flexibility index (Phi) is 7.76. The lowest BCUT2D eigenvalue weighted by molar-refractivity contribution is 0.0989. The van der Waals surface area contributed by atoms with E-state index in [1.807, 2.05) is 0 Å². The Labute approximate surface area is 117 Å². The van der Waals surface area contributed by atoms with Gasteiger partial charge in [0.1, 0.15) is 0 Å². The van der Waals surface area contributed by atoms with Crippen LogP contribution in [0.2, 0.25) is 0 Å². The Morgan fingerprint density at radius 2 is 1.84 bits per heavy atom. The third-order valence-corrected chi connectivity index (χ3v) is 3.82. The quantitative estimate of drug-likeness (QED) is 0.727. The molecule has 1 aromatic carbocycles. The van der Waals surface area contributed by atoms with Gasteiger partial charge in [0.25, 0.3) is 0 Å². The Morgan fingerprint density at radius 1 is 1.16 bits per heavy atom. The van der Waals surface area contributed by atoms with Gasteiger partial charge in [0, 0.05) is 7.11 Å². The third kappa shape index (κ3) is 5.33. The van der Waals surface area contributed by atoms with Crippen molar-refractivity contribution in [3.63, 3.8) is 0 Å². The van der Waals surface area contributed by atoms with Crippen LogP contribution in [-0.4, -0.2) is 18.8 Å². The topological polar surface area (TPSA) is 29.5 Å². The first-order valence-electron chi connectivity index (χ1n) is 7.48. The number of aliphatic hydroxyl groups is 1. The Morgan fingerprint density at radius 3 is 2.37 bits per heavy atom. The maximum atomic E-state index is 10.4. The fraction of sp³-hybridized carbons (Fsp3) is 0.647. The van der Waals surface area contributed by atoms with Crippen molar-refractivity contribution in [1.29, 1.82) is 0 Å². The second kappa shape index (κ2) is 9.11. The fourth-order valence-electron chi connectivity index (χ4n) is 2.43. The molecule has 0 fully saturated rings. The van der Waals surface area contributed by atoms with Crippen LogP contribution in [0.5, 0.6) is 0 Å². The average molecular weight is 264 g/mol. The summed E-state index contributed by atoms with van der Waals surface area (Å²) in [6, 6.07) is 8.32. The van der Waals surface area contributed by atoms with Gasteiger partial charge >= 0.3 is 0 Å². The molecule has 0 spiro atoms. The lowest BCUT2D eigenvalue weighted by Gasteiger charge is -2.22. The molecule has 19 heavy (non-hydrogen) atoms. The molecule has 1 rings (SSSR count). The molecule has 0 saturated heterocycles. The lowest BCUT2D eigenvalue weighted by atomic mass is 9.89. The first-order chi connectivity index (χ1) is 9.22. The smallest absolute Gasteiger partial charge is 0.0818 e. The molecule has 0 bridgehead atoms. The molecule has 0 heterocycles. The van der Waals surface area contributed by atoms with E-state index in [0.29, 0.717) is 5.92 Å². The molecule has 2 heteroatoms. The first-order valence-corrected chi connectivity index (χ1v) is 7.48. The zero-order valence-electron chi connectivity index (χ0n) is 12.6. The van der Waals surface area contributed by atoms with Gasteiger partial charge in [-0.15, -0.1) is 0 Å². The van der Waals surface area contributed by atoms with E-state index in [2.05, 4.69) is 38.1 Å². The number of benzene rings is 1. The zero-order chi connectivity index (χ0) is 14.1. The molecule has 2 unspecified atom stereocenters. The number of methoxy groups -OCH3 is 1. The predicted octanol–water partition coefficient (Wildman–Crippen LogP) is 4.13. The van der Waals surface area contributed by atoms with Crippen molar-refractivity contribution in [3.8, 4) is 0 Å². The first kappa shape index (κ1) is 16.2. The highest BCUT2D eigenvalue weighted by Gasteiger charge is 2.18. The summed E-state index contributed by atoms with van der Waals surface area (Å²) in [5.41, 5.74) is 2.31. The molecule has 108 valence electrons. The molecule has 1 aromatic rings. The van der Waals surface area contributed by atoms with Crippen molar-refractivity contribution in [2.45, 2.75) is 52.1 Å². The summed E-state index contributed by atoms with van der Waals surface area (Å²) in [5, 5.41) is 10.4. The van der Waals surface area contributed by atoms with Gasteiger partial charge in [0.2, 0.25) is 0 Å². The average Bonchev–Trinajstić information content (AvgIpc) is 2.46. The van der Waals surface area contributed by atoms with Crippen molar-refractivity contribution in [1.82, 2.24) is 0 Å². The molecule has 1 N–H and O–H groups in total. The van der Waals surface area contributed by atoms with Gasteiger partial charge in [-0.1, -0.05) is 57.4 Å². The number of aliphatic hydroxyl groups excluding tert-OH is 1. The second-order valence-electron chi connectivity index (χ2n) is 5.24. The molecule has 0 amide bonds. The zero-order valence-corrected chi connectivity index (χ0v) is 12.6. The molecular weight excluding hydrogens is 236 g/mol. The molecule has 0 saturated carbocycles. The van der Waals surface area contributed by atoms with E-state index < -0.39 is 0 Å². The van der Waals surface area contributed by atoms with Gasteiger partial charge in [-0.05, 0) is 29.9 Å².